The van der Waals surface area contributed by atoms with E-state index < -0.39 is 0 Å². The van der Waals surface area contributed by atoms with Crippen molar-refractivity contribution in [1.29, 1.82) is 0 Å². The van der Waals surface area contributed by atoms with Crippen LogP contribution in [0.3, 0.4) is 0 Å². The molecule has 3 rings (SSSR count). The number of carbonyl (C=O) groups excluding carboxylic acids is 3. The first-order chi connectivity index (χ1) is 15.4. The summed E-state index contributed by atoms with van der Waals surface area (Å²) < 4.78 is 10.6. The third kappa shape index (κ3) is 5.99. The van der Waals surface area contributed by atoms with Crippen molar-refractivity contribution < 1.29 is 23.5 Å². The predicted molar refractivity (Wildman–Crippen MR) is 120 cm³/mol. The molecule has 7 heteroatoms. The Labute approximate surface area is 189 Å². The van der Waals surface area contributed by atoms with Crippen LogP contribution < -0.4 is 0 Å². The Bertz CT molecular complexity index is 929. The minimum absolute atomic E-state index is 0.00160. The molecule has 1 aromatic heterocycles. The number of carbonyl (C=O) groups is 3. The van der Waals surface area contributed by atoms with Crippen LogP contribution in [0.4, 0.5) is 0 Å². The number of rotatable bonds is 8. The minimum atomic E-state index is -0.176. The van der Waals surface area contributed by atoms with Gasteiger partial charge in [0.25, 0.3) is 5.91 Å². The maximum absolute atomic E-state index is 13.2. The molecule has 0 unspecified atom stereocenters. The van der Waals surface area contributed by atoms with Crippen molar-refractivity contribution in [2.45, 2.75) is 46.6 Å². The van der Waals surface area contributed by atoms with E-state index >= 15 is 0 Å². The van der Waals surface area contributed by atoms with Gasteiger partial charge in [-0.15, -0.1) is 0 Å². The summed E-state index contributed by atoms with van der Waals surface area (Å²) in [5.74, 6) is 0.812. The molecule has 0 spiro atoms. The van der Waals surface area contributed by atoms with Gasteiger partial charge in [-0.1, -0.05) is 30.3 Å². The fraction of sp³-hybridized carbons (Fsp3) is 0.480. The van der Waals surface area contributed by atoms with E-state index in [2.05, 4.69) is 0 Å². The maximum atomic E-state index is 13.2. The molecule has 1 aromatic carbocycles. The zero-order valence-electron chi connectivity index (χ0n) is 19.1. The SMILES string of the molecule is CCOC(=O)C1CCN(C(=O)CCN(Cc2ccccc2)C(=O)c2cc(C)oc2C)CC1. The number of benzene rings is 1. The van der Waals surface area contributed by atoms with Gasteiger partial charge in [0.05, 0.1) is 18.1 Å². The number of hydrogen-bond acceptors (Lipinski definition) is 5. The highest BCUT2D eigenvalue weighted by Crippen LogP contribution is 2.21. The van der Waals surface area contributed by atoms with Crippen LogP contribution >= 0.6 is 0 Å². The highest BCUT2D eigenvalue weighted by Gasteiger charge is 2.29. The van der Waals surface area contributed by atoms with Gasteiger partial charge in [0.1, 0.15) is 11.5 Å². The van der Waals surface area contributed by atoms with Gasteiger partial charge in [0.2, 0.25) is 5.91 Å². The molecular formula is C25H32N2O5. The lowest BCUT2D eigenvalue weighted by atomic mass is 9.97. The molecular weight excluding hydrogens is 408 g/mol. The van der Waals surface area contributed by atoms with Crippen molar-refractivity contribution in [3.05, 3.63) is 59.0 Å². The standard InChI is InChI=1S/C25H32N2O5/c1-4-31-25(30)21-10-13-26(14-11-21)23(28)12-15-27(17-20-8-6-5-7-9-20)24(29)22-16-18(2)32-19(22)3/h5-9,16,21H,4,10-15,17H2,1-3H3. The first kappa shape index (κ1) is 23.6. The fourth-order valence-corrected chi connectivity index (χ4v) is 4.08. The normalized spacial score (nSPS) is 14.3. The summed E-state index contributed by atoms with van der Waals surface area (Å²) in [5.41, 5.74) is 1.53. The van der Waals surface area contributed by atoms with Crippen LogP contribution in [0.25, 0.3) is 0 Å². The topological polar surface area (TPSA) is 80.1 Å². The molecule has 32 heavy (non-hydrogen) atoms. The third-order valence-corrected chi connectivity index (χ3v) is 5.84. The second kappa shape index (κ2) is 11.0. The Morgan fingerprint density at radius 3 is 2.41 bits per heavy atom. The molecule has 172 valence electrons. The molecule has 0 saturated carbocycles. The molecule has 7 nitrogen and oxygen atoms in total. The summed E-state index contributed by atoms with van der Waals surface area (Å²) in [7, 11) is 0. The molecule has 1 saturated heterocycles. The Morgan fingerprint density at radius 1 is 1.12 bits per heavy atom. The van der Waals surface area contributed by atoms with Gasteiger partial charge in [0, 0.05) is 32.6 Å². The van der Waals surface area contributed by atoms with Gasteiger partial charge in [-0.25, -0.2) is 0 Å². The Morgan fingerprint density at radius 2 is 1.81 bits per heavy atom. The summed E-state index contributed by atoms with van der Waals surface area (Å²) in [6.07, 6.45) is 1.47. The second-order valence-corrected chi connectivity index (χ2v) is 8.20. The molecule has 2 amide bonds. The monoisotopic (exact) mass is 440 g/mol. The van der Waals surface area contributed by atoms with Gasteiger partial charge < -0.3 is 19.0 Å². The summed E-state index contributed by atoms with van der Waals surface area (Å²) in [4.78, 5) is 41.5. The van der Waals surface area contributed by atoms with Crippen LogP contribution in [0.5, 0.6) is 0 Å². The summed E-state index contributed by atoms with van der Waals surface area (Å²) in [6.45, 7) is 7.57. The van der Waals surface area contributed by atoms with Crippen molar-refractivity contribution in [2.24, 2.45) is 5.92 Å². The van der Waals surface area contributed by atoms with E-state index in [1.54, 1.807) is 29.7 Å². The van der Waals surface area contributed by atoms with Gasteiger partial charge in [-0.05, 0) is 45.2 Å². The van der Waals surface area contributed by atoms with Crippen molar-refractivity contribution in [3.63, 3.8) is 0 Å². The maximum Gasteiger partial charge on any atom is 0.309 e. The van der Waals surface area contributed by atoms with E-state index in [1.807, 2.05) is 37.3 Å². The zero-order valence-corrected chi connectivity index (χ0v) is 19.1. The van der Waals surface area contributed by atoms with E-state index in [9.17, 15) is 14.4 Å². The molecule has 1 aliphatic heterocycles. The van der Waals surface area contributed by atoms with Crippen LogP contribution in [-0.2, 0) is 20.9 Å². The highest BCUT2D eigenvalue weighted by atomic mass is 16.5. The molecule has 0 bridgehead atoms. The van der Waals surface area contributed by atoms with Crippen LogP contribution in [-0.4, -0.2) is 53.8 Å². The molecule has 0 atom stereocenters. The summed E-state index contributed by atoms with van der Waals surface area (Å²) in [5, 5.41) is 0. The van der Waals surface area contributed by atoms with Crippen molar-refractivity contribution in [3.8, 4) is 0 Å². The Hall–Kier alpha value is -3.09. The van der Waals surface area contributed by atoms with Crippen molar-refractivity contribution in [2.75, 3.05) is 26.2 Å². The molecule has 0 radical (unpaired) electrons. The molecule has 1 aliphatic rings. The average Bonchev–Trinajstić information content (AvgIpc) is 3.14. The minimum Gasteiger partial charge on any atom is -0.466 e. The number of aryl methyl sites for hydroxylation is 2. The van der Waals surface area contributed by atoms with E-state index in [0.717, 1.165) is 5.56 Å². The highest BCUT2D eigenvalue weighted by molar-refractivity contribution is 5.95. The van der Waals surface area contributed by atoms with Crippen LogP contribution in [0.2, 0.25) is 0 Å². The fourth-order valence-electron chi connectivity index (χ4n) is 4.08. The van der Waals surface area contributed by atoms with E-state index in [4.69, 9.17) is 9.15 Å². The number of piperidine rings is 1. The van der Waals surface area contributed by atoms with Gasteiger partial charge in [-0.3, -0.25) is 14.4 Å². The Balaban J connectivity index is 1.62. The average molecular weight is 441 g/mol. The molecule has 2 aromatic rings. The number of nitrogens with zero attached hydrogens (tertiary/aromatic N) is 2. The lowest BCUT2D eigenvalue weighted by molar-refractivity contribution is -0.151. The second-order valence-electron chi connectivity index (χ2n) is 8.20. The first-order valence-corrected chi connectivity index (χ1v) is 11.2. The number of likely N-dealkylation sites (tertiary alicyclic amines) is 1. The molecule has 0 aliphatic carbocycles. The molecule has 1 fully saturated rings. The summed E-state index contributed by atoms with van der Waals surface area (Å²) >= 11 is 0. The van der Waals surface area contributed by atoms with E-state index in [1.165, 1.54) is 0 Å². The van der Waals surface area contributed by atoms with Gasteiger partial charge in [0.15, 0.2) is 0 Å². The van der Waals surface area contributed by atoms with Gasteiger partial charge >= 0.3 is 5.97 Å². The number of furan rings is 1. The lowest BCUT2D eigenvalue weighted by Gasteiger charge is -2.31. The van der Waals surface area contributed by atoms with Crippen LogP contribution in [0, 0.1) is 19.8 Å². The lowest BCUT2D eigenvalue weighted by Crippen LogP contribution is -2.42. The van der Waals surface area contributed by atoms with Crippen LogP contribution in [0.15, 0.2) is 40.8 Å². The van der Waals surface area contributed by atoms with Gasteiger partial charge in [-0.2, -0.15) is 0 Å². The van der Waals surface area contributed by atoms with E-state index in [0.29, 0.717) is 62.7 Å². The summed E-state index contributed by atoms with van der Waals surface area (Å²) in [6, 6.07) is 11.5. The molecule has 2 heterocycles. The smallest absolute Gasteiger partial charge is 0.309 e. The Kier molecular flexibility index (Phi) is 8.09. The number of ether oxygens (including phenoxy) is 1. The zero-order chi connectivity index (χ0) is 23.1. The van der Waals surface area contributed by atoms with Crippen molar-refractivity contribution in [1.82, 2.24) is 9.80 Å². The predicted octanol–water partition coefficient (Wildman–Crippen LogP) is 3.73. The number of hydrogen-bond donors (Lipinski definition) is 0. The quantitative estimate of drug-likeness (QED) is 0.585. The first-order valence-electron chi connectivity index (χ1n) is 11.2. The number of esters is 1. The van der Waals surface area contributed by atoms with Crippen molar-refractivity contribution >= 4 is 17.8 Å². The third-order valence-electron chi connectivity index (χ3n) is 5.84. The number of amides is 2. The van der Waals surface area contributed by atoms with Crippen LogP contribution in [0.1, 0.15) is 53.6 Å². The van der Waals surface area contributed by atoms with E-state index in [-0.39, 0.29) is 30.1 Å². The largest absolute Gasteiger partial charge is 0.466 e. The molecule has 0 N–H and O–H groups in total.